The molecule has 1 aliphatic rings. The normalized spacial score (nSPS) is 16.9. The minimum atomic E-state index is -0.227. The molecule has 0 aromatic heterocycles. The Morgan fingerprint density at radius 2 is 1.65 bits per heavy atom. The van der Waals surface area contributed by atoms with Crippen LogP contribution in [-0.4, -0.2) is 56.0 Å². The maximum atomic E-state index is 11.5. The Balaban J connectivity index is 0.000000350. The second-order valence-electron chi connectivity index (χ2n) is 6.40. The van der Waals surface area contributed by atoms with Crippen LogP contribution in [0.1, 0.15) is 25.0 Å². The Bertz CT molecular complexity index is 563. The van der Waals surface area contributed by atoms with E-state index in [1.165, 1.54) is 26.2 Å². The second-order valence-corrected chi connectivity index (χ2v) is 6.40. The van der Waals surface area contributed by atoms with Crippen LogP contribution in [0.2, 0.25) is 0 Å². The van der Waals surface area contributed by atoms with Gasteiger partial charge in [-0.05, 0) is 26.6 Å². The number of hydrogen-bond acceptors (Lipinski definition) is 4. The number of nitrogens with zero attached hydrogens (tertiary/aromatic N) is 2. The summed E-state index contributed by atoms with van der Waals surface area (Å²) in [5, 5.41) is 0. The van der Waals surface area contributed by atoms with Gasteiger partial charge in [0.05, 0.1) is 6.42 Å². The molecule has 0 spiro atoms. The molecule has 142 valence electrons. The lowest BCUT2D eigenvalue weighted by atomic mass is 10.1. The summed E-state index contributed by atoms with van der Waals surface area (Å²) in [6, 6.07) is 9.69. The third-order valence-corrected chi connectivity index (χ3v) is 4.08. The van der Waals surface area contributed by atoms with Gasteiger partial charge in [-0.3, -0.25) is 4.79 Å². The van der Waals surface area contributed by atoms with Crippen molar-refractivity contribution < 1.29 is 9.53 Å². The van der Waals surface area contributed by atoms with Gasteiger partial charge in [-0.15, -0.1) is 0 Å². The molecule has 26 heavy (non-hydrogen) atoms. The van der Waals surface area contributed by atoms with Gasteiger partial charge in [0.1, 0.15) is 6.10 Å². The second kappa shape index (κ2) is 13.1. The van der Waals surface area contributed by atoms with Crippen LogP contribution < -0.4 is 0 Å². The molecule has 1 aliphatic heterocycles. The SMILES string of the molecule is C=C/C=C\C=C\CC(=O)OC(C)c1ccccc1.CN1CCN(C)CC1. The van der Waals surface area contributed by atoms with Gasteiger partial charge < -0.3 is 14.5 Å². The highest BCUT2D eigenvalue weighted by molar-refractivity contribution is 5.71. The molecule has 2 rings (SSSR count). The van der Waals surface area contributed by atoms with Crippen LogP contribution in [0, 0.1) is 0 Å². The summed E-state index contributed by atoms with van der Waals surface area (Å²) in [4.78, 5) is 16.3. The number of carbonyl (C=O) groups excluding carboxylic acids is 1. The Hall–Kier alpha value is -2.17. The lowest BCUT2D eigenvalue weighted by molar-refractivity contribution is -0.147. The molecule has 1 aromatic rings. The molecule has 0 amide bonds. The number of esters is 1. The summed E-state index contributed by atoms with van der Waals surface area (Å²) >= 11 is 0. The van der Waals surface area contributed by atoms with E-state index in [1.54, 1.807) is 24.3 Å². The molecule has 0 aliphatic carbocycles. The van der Waals surface area contributed by atoms with Gasteiger partial charge in [-0.25, -0.2) is 0 Å². The number of ether oxygens (including phenoxy) is 1. The number of hydrogen-bond donors (Lipinski definition) is 0. The summed E-state index contributed by atoms with van der Waals surface area (Å²) in [5.74, 6) is -0.227. The highest BCUT2D eigenvalue weighted by atomic mass is 16.5. The number of allylic oxidation sites excluding steroid dienone is 4. The molecule has 1 heterocycles. The van der Waals surface area contributed by atoms with Crippen LogP contribution in [0.4, 0.5) is 0 Å². The minimum Gasteiger partial charge on any atom is -0.458 e. The van der Waals surface area contributed by atoms with Crippen molar-refractivity contribution in [2.75, 3.05) is 40.3 Å². The quantitative estimate of drug-likeness (QED) is 0.573. The zero-order chi connectivity index (χ0) is 19.2. The van der Waals surface area contributed by atoms with Crippen LogP contribution in [0.3, 0.4) is 0 Å². The summed E-state index contributed by atoms with van der Waals surface area (Å²) in [7, 11) is 4.35. The molecule has 0 N–H and O–H groups in total. The Morgan fingerprint density at radius 3 is 2.19 bits per heavy atom. The Kier molecular flexibility index (Phi) is 11.0. The topological polar surface area (TPSA) is 32.8 Å². The fraction of sp³-hybridized carbons (Fsp3) is 0.409. The maximum Gasteiger partial charge on any atom is 0.310 e. The van der Waals surface area contributed by atoms with Gasteiger partial charge >= 0.3 is 5.97 Å². The van der Waals surface area contributed by atoms with E-state index in [0.29, 0.717) is 0 Å². The monoisotopic (exact) mass is 356 g/mol. The molecular weight excluding hydrogens is 324 g/mol. The standard InChI is InChI=1S/C16H18O2.C6H14N2/c1-3-4-5-6-10-13-16(17)18-14(2)15-11-8-7-9-12-15;1-7-3-5-8(2)6-4-7/h3-12,14H,1,13H2,2H3;3-6H2,1-2H3/b5-4-,10-6+;. The fourth-order valence-corrected chi connectivity index (χ4v) is 2.33. The predicted octanol–water partition coefficient (Wildman–Crippen LogP) is 3.84. The average Bonchev–Trinajstić information content (AvgIpc) is 2.65. The fourth-order valence-electron chi connectivity index (χ4n) is 2.33. The minimum absolute atomic E-state index is 0.212. The van der Waals surface area contributed by atoms with Crippen molar-refractivity contribution >= 4 is 5.97 Å². The maximum absolute atomic E-state index is 11.5. The smallest absolute Gasteiger partial charge is 0.310 e. The third kappa shape index (κ3) is 9.97. The van der Waals surface area contributed by atoms with Crippen molar-refractivity contribution in [2.45, 2.75) is 19.4 Å². The Labute approximate surface area is 158 Å². The number of rotatable bonds is 6. The first-order valence-electron chi connectivity index (χ1n) is 9.08. The van der Waals surface area contributed by atoms with Crippen molar-refractivity contribution in [3.8, 4) is 0 Å². The van der Waals surface area contributed by atoms with E-state index < -0.39 is 0 Å². The van der Waals surface area contributed by atoms with E-state index in [9.17, 15) is 4.79 Å². The zero-order valence-electron chi connectivity index (χ0n) is 16.3. The van der Waals surface area contributed by atoms with Gasteiger partial charge in [0.2, 0.25) is 0 Å². The molecular formula is C22H32N2O2. The van der Waals surface area contributed by atoms with Crippen molar-refractivity contribution in [3.05, 3.63) is 72.9 Å². The van der Waals surface area contributed by atoms with E-state index in [0.717, 1.165) is 5.56 Å². The number of carbonyl (C=O) groups is 1. The van der Waals surface area contributed by atoms with Crippen LogP contribution in [0.15, 0.2) is 67.3 Å². The highest BCUT2D eigenvalue weighted by Gasteiger charge is 2.09. The molecule has 4 heteroatoms. The molecule has 1 atom stereocenters. The molecule has 1 unspecified atom stereocenters. The summed E-state index contributed by atoms with van der Waals surface area (Å²) in [5.41, 5.74) is 1.00. The van der Waals surface area contributed by atoms with Crippen LogP contribution in [0.25, 0.3) is 0 Å². The molecule has 0 radical (unpaired) electrons. The summed E-state index contributed by atoms with van der Waals surface area (Å²) in [6.45, 7) is 10.4. The van der Waals surface area contributed by atoms with Crippen molar-refractivity contribution in [1.82, 2.24) is 9.80 Å². The number of benzene rings is 1. The predicted molar refractivity (Wildman–Crippen MR) is 109 cm³/mol. The van der Waals surface area contributed by atoms with Crippen molar-refractivity contribution in [2.24, 2.45) is 0 Å². The molecule has 1 fully saturated rings. The average molecular weight is 357 g/mol. The lowest BCUT2D eigenvalue weighted by Gasteiger charge is -2.28. The van der Waals surface area contributed by atoms with Gasteiger partial charge in [0.15, 0.2) is 0 Å². The van der Waals surface area contributed by atoms with E-state index in [1.807, 2.05) is 43.3 Å². The van der Waals surface area contributed by atoms with E-state index in [4.69, 9.17) is 4.74 Å². The molecule has 0 saturated carbocycles. The molecule has 0 bridgehead atoms. The number of piperazine rings is 1. The third-order valence-electron chi connectivity index (χ3n) is 4.08. The molecule has 1 aromatic carbocycles. The summed E-state index contributed by atoms with van der Waals surface area (Å²) in [6.07, 6.45) is 8.93. The van der Waals surface area contributed by atoms with Gasteiger partial charge in [0, 0.05) is 26.2 Å². The Morgan fingerprint density at radius 1 is 1.08 bits per heavy atom. The van der Waals surface area contributed by atoms with E-state index >= 15 is 0 Å². The van der Waals surface area contributed by atoms with E-state index in [-0.39, 0.29) is 18.5 Å². The van der Waals surface area contributed by atoms with Crippen molar-refractivity contribution in [3.63, 3.8) is 0 Å². The largest absolute Gasteiger partial charge is 0.458 e. The summed E-state index contributed by atoms with van der Waals surface area (Å²) < 4.78 is 5.31. The van der Waals surface area contributed by atoms with Crippen LogP contribution >= 0.6 is 0 Å². The van der Waals surface area contributed by atoms with Crippen LogP contribution in [0.5, 0.6) is 0 Å². The van der Waals surface area contributed by atoms with Crippen LogP contribution in [-0.2, 0) is 9.53 Å². The first-order valence-corrected chi connectivity index (χ1v) is 9.08. The van der Waals surface area contributed by atoms with Crippen molar-refractivity contribution in [1.29, 1.82) is 0 Å². The van der Waals surface area contributed by atoms with Gasteiger partial charge in [-0.2, -0.15) is 0 Å². The first kappa shape index (κ1) is 21.9. The lowest BCUT2D eigenvalue weighted by Crippen LogP contribution is -2.42. The molecule has 4 nitrogen and oxygen atoms in total. The first-order chi connectivity index (χ1) is 12.5. The van der Waals surface area contributed by atoms with E-state index in [2.05, 4.69) is 30.5 Å². The number of likely N-dealkylation sites (N-methyl/N-ethyl adjacent to an activating group) is 2. The van der Waals surface area contributed by atoms with Gasteiger partial charge in [0.25, 0.3) is 0 Å². The zero-order valence-corrected chi connectivity index (χ0v) is 16.3. The highest BCUT2D eigenvalue weighted by Crippen LogP contribution is 2.16. The molecule has 1 saturated heterocycles. The van der Waals surface area contributed by atoms with Gasteiger partial charge in [-0.1, -0.05) is 67.3 Å².